The summed E-state index contributed by atoms with van der Waals surface area (Å²) in [7, 11) is 0. The van der Waals surface area contributed by atoms with Gasteiger partial charge in [-0.3, -0.25) is 10.1 Å². The molecule has 0 spiro atoms. The van der Waals surface area contributed by atoms with E-state index in [2.05, 4.69) is 15.1 Å². The van der Waals surface area contributed by atoms with Gasteiger partial charge in [-0.25, -0.2) is 14.6 Å². The van der Waals surface area contributed by atoms with Crippen LogP contribution < -0.4 is 5.73 Å². The molecule has 0 radical (unpaired) electrons. The largest absolute Gasteiger partial charge is 0.394 e. The first-order valence-corrected chi connectivity index (χ1v) is 8.28. The monoisotopic (exact) mass is 388 g/mol. The lowest BCUT2D eigenvalue weighted by molar-refractivity contribution is -0.384. The Labute approximate surface area is 157 Å². The van der Waals surface area contributed by atoms with Crippen molar-refractivity contribution < 1.29 is 25.0 Å². The van der Waals surface area contributed by atoms with Gasteiger partial charge >= 0.3 is 0 Å². The van der Waals surface area contributed by atoms with Crippen molar-refractivity contribution in [2.24, 2.45) is 0 Å². The Balaban J connectivity index is 1.86. The molecule has 12 heteroatoms. The Morgan fingerprint density at radius 3 is 2.54 bits per heavy atom. The average Bonchev–Trinajstić information content (AvgIpc) is 3.21. The molecule has 4 atom stereocenters. The lowest BCUT2D eigenvalue weighted by Gasteiger charge is -2.15. The molecule has 3 aromatic rings. The van der Waals surface area contributed by atoms with Gasteiger partial charge in [-0.15, -0.1) is 0 Å². The Bertz CT molecular complexity index is 1040. The molecule has 0 bridgehead atoms. The van der Waals surface area contributed by atoms with E-state index >= 15 is 0 Å². The number of rotatable bonds is 4. The van der Waals surface area contributed by atoms with Gasteiger partial charge in [-0.05, 0) is 12.1 Å². The highest BCUT2D eigenvalue weighted by Crippen LogP contribution is 2.36. The van der Waals surface area contributed by atoms with E-state index < -0.39 is 36.1 Å². The molecule has 4 rings (SSSR count). The van der Waals surface area contributed by atoms with Gasteiger partial charge in [-0.2, -0.15) is 5.10 Å². The summed E-state index contributed by atoms with van der Waals surface area (Å²) in [5.41, 5.74) is 7.01. The summed E-state index contributed by atoms with van der Waals surface area (Å²) in [6.45, 7) is -0.486. The summed E-state index contributed by atoms with van der Waals surface area (Å²) in [6, 6.07) is 5.67. The van der Waals surface area contributed by atoms with Gasteiger partial charge in [0.15, 0.2) is 11.9 Å². The number of aliphatic hydroxyl groups excluding tert-OH is 3. The van der Waals surface area contributed by atoms with Gasteiger partial charge in [0.2, 0.25) is 0 Å². The van der Waals surface area contributed by atoms with Crippen LogP contribution in [0.3, 0.4) is 0 Å². The summed E-state index contributed by atoms with van der Waals surface area (Å²) >= 11 is 0. The molecule has 1 aliphatic rings. The van der Waals surface area contributed by atoms with Gasteiger partial charge < -0.3 is 25.8 Å². The number of benzene rings is 1. The van der Waals surface area contributed by atoms with Crippen LogP contribution >= 0.6 is 0 Å². The molecular weight excluding hydrogens is 372 g/mol. The highest BCUT2D eigenvalue weighted by molar-refractivity contribution is 5.98. The third-order valence-corrected chi connectivity index (χ3v) is 4.63. The minimum atomic E-state index is -1.36. The van der Waals surface area contributed by atoms with Crippen LogP contribution in [-0.4, -0.2) is 64.9 Å². The van der Waals surface area contributed by atoms with Crippen LogP contribution in [0.1, 0.15) is 6.23 Å². The van der Waals surface area contributed by atoms with Crippen LogP contribution in [0, 0.1) is 10.1 Å². The number of aliphatic hydroxyl groups is 3. The van der Waals surface area contributed by atoms with Crippen LogP contribution in [0.25, 0.3) is 22.3 Å². The first kappa shape index (κ1) is 18.2. The Kier molecular flexibility index (Phi) is 4.39. The summed E-state index contributed by atoms with van der Waals surface area (Å²) in [5.74, 6) is 0.122. The third kappa shape index (κ3) is 2.75. The topological polar surface area (TPSA) is 183 Å². The van der Waals surface area contributed by atoms with E-state index in [-0.39, 0.29) is 17.2 Å². The second-order valence-corrected chi connectivity index (χ2v) is 6.28. The molecular formula is C16H16N6O6. The highest BCUT2D eigenvalue weighted by atomic mass is 16.6. The fourth-order valence-corrected chi connectivity index (χ4v) is 3.20. The maximum Gasteiger partial charge on any atom is 0.269 e. The second kappa shape index (κ2) is 6.76. The van der Waals surface area contributed by atoms with Crippen molar-refractivity contribution >= 4 is 22.5 Å². The van der Waals surface area contributed by atoms with Crippen LogP contribution in [0.2, 0.25) is 0 Å². The zero-order valence-electron chi connectivity index (χ0n) is 14.3. The lowest BCUT2D eigenvalue weighted by atomic mass is 10.1. The first-order valence-electron chi connectivity index (χ1n) is 8.28. The molecule has 1 fully saturated rings. The average molecular weight is 388 g/mol. The van der Waals surface area contributed by atoms with E-state index in [1.54, 1.807) is 0 Å². The number of fused-ring (bicyclic) bond motifs is 1. The molecule has 1 aromatic carbocycles. The van der Waals surface area contributed by atoms with E-state index in [4.69, 9.17) is 10.5 Å². The number of nitrogens with zero attached hydrogens (tertiary/aromatic N) is 5. The van der Waals surface area contributed by atoms with Crippen molar-refractivity contribution in [3.63, 3.8) is 0 Å². The molecule has 3 heterocycles. The number of ether oxygens (including phenoxy) is 1. The number of aromatic nitrogens is 4. The number of non-ortho nitro benzene ring substituents is 1. The van der Waals surface area contributed by atoms with Crippen LogP contribution in [0.4, 0.5) is 11.5 Å². The quantitative estimate of drug-likeness (QED) is 0.339. The maximum absolute atomic E-state index is 10.9. The zero-order chi connectivity index (χ0) is 20.0. The molecule has 12 nitrogen and oxygen atoms in total. The molecule has 0 saturated carbocycles. The summed E-state index contributed by atoms with van der Waals surface area (Å²) in [5, 5.41) is 45.3. The molecule has 1 aliphatic heterocycles. The van der Waals surface area contributed by atoms with Crippen molar-refractivity contribution in [3.05, 3.63) is 40.7 Å². The smallest absolute Gasteiger partial charge is 0.269 e. The molecule has 28 heavy (non-hydrogen) atoms. The fraction of sp³-hybridized carbons (Fsp3) is 0.312. The molecule has 2 aromatic heterocycles. The van der Waals surface area contributed by atoms with Gasteiger partial charge in [0.05, 0.1) is 16.9 Å². The molecule has 5 N–H and O–H groups in total. The van der Waals surface area contributed by atoms with E-state index in [9.17, 15) is 25.4 Å². The molecule has 0 amide bonds. The SMILES string of the molecule is Nc1ncnc2c1c(-c1ccc([N+](=O)[O-])cc1)nn2[C@@H]1O[C@H](CO)[C@@H](O)[C@H]1O. The van der Waals surface area contributed by atoms with Gasteiger partial charge in [-0.1, -0.05) is 0 Å². The molecule has 0 aliphatic carbocycles. The van der Waals surface area contributed by atoms with Gasteiger partial charge in [0.1, 0.15) is 36.2 Å². The van der Waals surface area contributed by atoms with Crippen LogP contribution in [0.15, 0.2) is 30.6 Å². The van der Waals surface area contributed by atoms with Crippen molar-refractivity contribution in [2.45, 2.75) is 24.5 Å². The number of nitro groups is 1. The van der Waals surface area contributed by atoms with Crippen molar-refractivity contribution in [1.82, 2.24) is 19.7 Å². The minimum Gasteiger partial charge on any atom is -0.394 e. The normalized spacial score (nSPS) is 24.7. The summed E-state index contributed by atoms with van der Waals surface area (Å²) < 4.78 is 6.79. The van der Waals surface area contributed by atoms with Crippen molar-refractivity contribution in [3.8, 4) is 11.3 Å². The van der Waals surface area contributed by atoms with Crippen LogP contribution in [-0.2, 0) is 4.74 Å². The molecule has 1 saturated heterocycles. The first-order chi connectivity index (χ1) is 13.4. The van der Waals surface area contributed by atoms with E-state index in [0.29, 0.717) is 16.6 Å². The number of hydrogen-bond acceptors (Lipinski definition) is 10. The second-order valence-electron chi connectivity index (χ2n) is 6.28. The third-order valence-electron chi connectivity index (χ3n) is 4.63. The maximum atomic E-state index is 10.9. The van der Waals surface area contributed by atoms with Crippen molar-refractivity contribution in [2.75, 3.05) is 12.3 Å². The standard InChI is InChI=1S/C16H16N6O6/c17-14-10-11(7-1-3-8(4-2-7)22(26)27)20-21(15(10)19-6-18-14)16-13(25)12(24)9(5-23)28-16/h1-4,6,9,12-13,16,23-25H,5H2,(H2,17,18,19)/t9-,12-,13-,16-/m1/s1. The Hall–Kier alpha value is -3.19. The number of nitrogen functional groups attached to an aromatic ring is 1. The van der Waals surface area contributed by atoms with E-state index in [1.165, 1.54) is 35.3 Å². The van der Waals surface area contributed by atoms with Crippen LogP contribution in [0.5, 0.6) is 0 Å². The fourth-order valence-electron chi connectivity index (χ4n) is 3.20. The zero-order valence-corrected chi connectivity index (χ0v) is 14.3. The summed E-state index contributed by atoms with van der Waals surface area (Å²) in [6.07, 6.45) is -3.55. The highest BCUT2D eigenvalue weighted by Gasteiger charge is 2.44. The number of hydrogen-bond donors (Lipinski definition) is 4. The number of anilines is 1. The minimum absolute atomic E-state index is 0.0832. The lowest BCUT2D eigenvalue weighted by Crippen LogP contribution is -2.33. The predicted octanol–water partition coefficient (Wildman–Crippen LogP) is -0.405. The Morgan fingerprint density at radius 1 is 1.21 bits per heavy atom. The molecule has 146 valence electrons. The van der Waals surface area contributed by atoms with Crippen molar-refractivity contribution in [1.29, 1.82) is 0 Å². The van der Waals surface area contributed by atoms with Gasteiger partial charge in [0.25, 0.3) is 5.69 Å². The van der Waals surface area contributed by atoms with E-state index in [0.717, 1.165) is 0 Å². The predicted molar refractivity (Wildman–Crippen MR) is 94.8 cm³/mol. The van der Waals surface area contributed by atoms with E-state index in [1.807, 2.05) is 0 Å². The molecule has 0 unspecified atom stereocenters. The van der Waals surface area contributed by atoms with Gasteiger partial charge in [0, 0.05) is 17.7 Å². The summed E-state index contributed by atoms with van der Waals surface area (Å²) in [4.78, 5) is 18.5. The Morgan fingerprint density at radius 2 is 1.93 bits per heavy atom. The number of nitrogens with two attached hydrogens (primary N) is 1. The number of nitro benzene ring substituents is 1.